The van der Waals surface area contributed by atoms with Gasteiger partial charge in [0.05, 0.1) is 5.56 Å². The lowest BCUT2D eigenvalue weighted by Crippen LogP contribution is -2.29. The third kappa shape index (κ3) is 3.53. The highest BCUT2D eigenvalue weighted by atomic mass is 16.2. The Bertz CT molecular complexity index is 474. The Labute approximate surface area is 127 Å². The molecule has 1 amide bonds. The first kappa shape index (κ1) is 15.8. The SMILES string of the molecule is CCC[C@H]1CN(c2ccc(C(=O)N(C)CC)cn2)C[C@@H]1N. The van der Waals surface area contributed by atoms with E-state index in [4.69, 9.17) is 5.73 Å². The van der Waals surface area contributed by atoms with E-state index in [0.717, 1.165) is 31.7 Å². The van der Waals surface area contributed by atoms with Gasteiger partial charge in [0.2, 0.25) is 0 Å². The third-order valence-electron chi connectivity index (χ3n) is 4.29. The number of hydrogen-bond acceptors (Lipinski definition) is 4. The first-order chi connectivity index (χ1) is 10.1. The molecule has 2 rings (SSSR count). The van der Waals surface area contributed by atoms with Gasteiger partial charge in [0.15, 0.2) is 0 Å². The molecule has 1 aromatic heterocycles. The lowest BCUT2D eigenvalue weighted by atomic mass is 9.99. The topological polar surface area (TPSA) is 62.5 Å². The molecule has 5 heteroatoms. The second-order valence-corrected chi connectivity index (χ2v) is 5.84. The first-order valence-corrected chi connectivity index (χ1v) is 7.78. The number of aromatic nitrogens is 1. The maximum absolute atomic E-state index is 12.0. The largest absolute Gasteiger partial charge is 0.355 e. The van der Waals surface area contributed by atoms with Crippen LogP contribution in [0.1, 0.15) is 37.0 Å². The lowest BCUT2D eigenvalue weighted by Gasteiger charge is -2.18. The van der Waals surface area contributed by atoms with Crippen LogP contribution in [0.25, 0.3) is 0 Å². The Balaban J connectivity index is 2.05. The number of carbonyl (C=O) groups excluding carboxylic acids is 1. The number of anilines is 1. The van der Waals surface area contributed by atoms with Gasteiger partial charge in [-0.1, -0.05) is 13.3 Å². The average Bonchev–Trinajstić information content (AvgIpc) is 2.87. The highest BCUT2D eigenvalue weighted by Crippen LogP contribution is 2.24. The van der Waals surface area contributed by atoms with Gasteiger partial charge in [-0.25, -0.2) is 4.98 Å². The van der Waals surface area contributed by atoms with Crippen LogP contribution in [0.4, 0.5) is 5.82 Å². The highest BCUT2D eigenvalue weighted by Gasteiger charge is 2.30. The fraction of sp³-hybridized carbons (Fsp3) is 0.625. The number of nitrogens with two attached hydrogens (primary N) is 1. The minimum atomic E-state index is 0.0125. The number of pyridine rings is 1. The summed E-state index contributed by atoms with van der Waals surface area (Å²) in [5.41, 5.74) is 6.83. The molecular weight excluding hydrogens is 264 g/mol. The van der Waals surface area contributed by atoms with Crippen LogP contribution in [0.2, 0.25) is 0 Å². The maximum Gasteiger partial charge on any atom is 0.255 e. The summed E-state index contributed by atoms with van der Waals surface area (Å²) in [4.78, 5) is 20.4. The first-order valence-electron chi connectivity index (χ1n) is 7.78. The summed E-state index contributed by atoms with van der Waals surface area (Å²) in [6.07, 6.45) is 3.99. The van der Waals surface area contributed by atoms with Crippen molar-refractivity contribution in [1.29, 1.82) is 0 Å². The van der Waals surface area contributed by atoms with E-state index in [1.54, 1.807) is 18.1 Å². The van der Waals surface area contributed by atoms with Gasteiger partial charge in [0, 0.05) is 38.9 Å². The number of hydrogen-bond donors (Lipinski definition) is 1. The molecule has 0 spiro atoms. The van der Waals surface area contributed by atoms with Crippen LogP contribution >= 0.6 is 0 Å². The third-order valence-corrected chi connectivity index (χ3v) is 4.29. The van der Waals surface area contributed by atoms with Gasteiger partial charge >= 0.3 is 0 Å². The highest BCUT2D eigenvalue weighted by molar-refractivity contribution is 5.93. The van der Waals surface area contributed by atoms with Gasteiger partial charge in [-0.2, -0.15) is 0 Å². The summed E-state index contributed by atoms with van der Waals surface area (Å²) in [6, 6.07) is 4.01. The molecule has 0 bridgehead atoms. The molecule has 21 heavy (non-hydrogen) atoms. The van der Waals surface area contributed by atoms with Crippen LogP contribution in [0.3, 0.4) is 0 Å². The Hall–Kier alpha value is -1.62. The molecule has 0 saturated carbocycles. The molecule has 2 N–H and O–H groups in total. The van der Waals surface area contributed by atoms with Crippen LogP contribution in [0, 0.1) is 5.92 Å². The van der Waals surface area contributed by atoms with Crippen molar-refractivity contribution in [2.45, 2.75) is 32.7 Å². The van der Waals surface area contributed by atoms with Crippen LogP contribution in [0.15, 0.2) is 18.3 Å². The minimum Gasteiger partial charge on any atom is -0.355 e. The van der Waals surface area contributed by atoms with Crippen molar-refractivity contribution in [3.63, 3.8) is 0 Å². The molecule has 1 aliphatic heterocycles. The Morgan fingerprint density at radius 1 is 1.43 bits per heavy atom. The number of carbonyl (C=O) groups is 1. The predicted octanol–water partition coefficient (Wildman–Crippen LogP) is 1.74. The van der Waals surface area contributed by atoms with Gasteiger partial charge < -0.3 is 15.5 Å². The van der Waals surface area contributed by atoms with Crippen molar-refractivity contribution in [2.24, 2.45) is 11.7 Å². The summed E-state index contributed by atoms with van der Waals surface area (Å²) in [6.45, 7) is 6.65. The maximum atomic E-state index is 12.0. The van der Waals surface area contributed by atoms with E-state index in [2.05, 4.69) is 16.8 Å². The van der Waals surface area contributed by atoms with Gasteiger partial charge in [0.1, 0.15) is 5.82 Å². The fourth-order valence-electron chi connectivity index (χ4n) is 2.82. The smallest absolute Gasteiger partial charge is 0.255 e. The van der Waals surface area contributed by atoms with E-state index in [-0.39, 0.29) is 11.9 Å². The molecule has 0 aromatic carbocycles. The normalized spacial score (nSPS) is 21.6. The Kier molecular flexibility index (Phi) is 5.17. The van der Waals surface area contributed by atoms with Crippen molar-refractivity contribution in [2.75, 3.05) is 31.6 Å². The number of nitrogens with zero attached hydrogens (tertiary/aromatic N) is 3. The molecule has 1 aromatic rings. The van der Waals surface area contributed by atoms with Crippen LogP contribution in [0.5, 0.6) is 0 Å². The lowest BCUT2D eigenvalue weighted by molar-refractivity contribution is 0.0802. The quantitative estimate of drug-likeness (QED) is 0.897. The van der Waals surface area contributed by atoms with Crippen LogP contribution in [-0.2, 0) is 0 Å². The zero-order valence-corrected chi connectivity index (χ0v) is 13.2. The molecule has 2 atom stereocenters. The molecule has 5 nitrogen and oxygen atoms in total. The molecule has 1 fully saturated rings. The fourth-order valence-corrected chi connectivity index (χ4v) is 2.82. The average molecular weight is 290 g/mol. The molecule has 1 aliphatic rings. The number of amides is 1. The molecule has 0 radical (unpaired) electrons. The standard InChI is InChI=1S/C16H26N4O/c1-4-6-13-10-20(11-14(13)17)15-8-7-12(9-18-15)16(21)19(3)5-2/h7-9,13-14H,4-6,10-11,17H2,1-3H3/t13-,14-/m0/s1. The van der Waals surface area contributed by atoms with Crippen molar-refractivity contribution in [3.05, 3.63) is 23.9 Å². The van der Waals surface area contributed by atoms with Gasteiger partial charge in [-0.05, 0) is 31.4 Å². The Morgan fingerprint density at radius 3 is 2.76 bits per heavy atom. The molecule has 0 aliphatic carbocycles. The van der Waals surface area contributed by atoms with Crippen LogP contribution < -0.4 is 10.6 Å². The van der Waals surface area contributed by atoms with E-state index in [1.807, 2.05) is 19.1 Å². The van der Waals surface area contributed by atoms with Crippen molar-refractivity contribution < 1.29 is 4.79 Å². The Morgan fingerprint density at radius 2 is 2.19 bits per heavy atom. The van der Waals surface area contributed by atoms with Crippen molar-refractivity contribution >= 4 is 11.7 Å². The predicted molar refractivity (Wildman–Crippen MR) is 85.5 cm³/mol. The van der Waals surface area contributed by atoms with E-state index >= 15 is 0 Å². The minimum absolute atomic E-state index is 0.0125. The van der Waals surface area contributed by atoms with E-state index in [0.29, 0.717) is 18.0 Å². The molecule has 116 valence electrons. The van der Waals surface area contributed by atoms with E-state index in [1.165, 1.54) is 0 Å². The number of rotatable bonds is 5. The zero-order chi connectivity index (χ0) is 15.4. The molecule has 1 saturated heterocycles. The zero-order valence-electron chi connectivity index (χ0n) is 13.2. The van der Waals surface area contributed by atoms with Gasteiger partial charge in [-0.15, -0.1) is 0 Å². The van der Waals surface area contributed by atoms with Crippen LogP contribution in [-0.4, -0.2) is 48.5 Å². The molecular formula is C16H26N4O. The summed E-state index contributed by atoms with van der Waals surface area (Å²) in [5, 5.41) is 0. The summed E-state index contributed by atoms with van der Waals surface area (Å²) < 4.78 is 0. The summed E-state index contributed by atoms with van der Waals surface area (Å²) in [5.74, 6) is 1.47. The van der Waals surface area contributed by atoms with E-state index < -0.39 is 0 Å². The monoisotopic (exact) mass is 290 g/mol. The molecule has 2 heterocycles. The second kappa shape index (κ2) is 6.89. The van der Waals surface area contributed by atoms with Gasteiger partial charge in [0.25, 0.3) is 5.91 Å². The summed E-state index contributed by atoms with van der Waals surface area (Å²) >= 11 is 0. The second-order valence-electron chi connectivity index (χ2n) is 5.84. The summed E-state index contributed by atoms with van der Waals surface area (Å²) in [7, 11) is 1.80. The van der Waals surface area contributed by atoms with Crippen molar-refractivity contribution in [1.82, 2.24) is 9.88 Å². The van der Waals surface area contributed by atoms with Crippen molar-refractivity contribution in [3.8, 4) is 0 Å². The molecule has 0 unspecified atom stereocenters. The van der Waals surface area contributed by atoms with E-state index in [9.17, 15) is 4.79 Å². The van der Waals surface area contributed by atoms with Gasteiger partial charge in [-0.3, -0.25) is 4.79 Å².